The molecule has 0 radical (unpaired) electrons. The predicted molar refractivity (Wildman–Crippen MR) is 162 cm³/mol. The summed E-state index contributed by atoms with van der Waals surface area (Å²) in [6.07, 6.45) is 1.22. The molecule has 0 aliphatic carbocycles. The molecule has 2 aliphatic heterocycles. The van der Waals surface area contributed by atoms with Crippen molar-refractivity contribution < 1.29 is 89.9 Å². The maximum Gasteiger partial charge on any atom is 1.00 e. The summed E-state index contributed by atoms with van der Waals surface area (Å²) < 4.78 is 12.7. The summed E-state index contributed by atoms with van der Waals surface area (Å²) >= 11 is 0. The van der Waals surface area contributed by atoms with Gasteiger partial charge in [-0.05, 0) is 11.1 Å². The van der Waals surface area contributed by atoms with Crippen LogP contribution in [0.1, 0.15) is 51.2 Å². The Morgan fingerprint density at radius 2 is 1.16 bits per heavy atom. The number of rotatable bonds is 5. The maximum atomic E-state index is 11.7. The number of carbonyl (C=O) groups excluding carboxylic acids is 4. The summed E-state index contributed by atoms with van der Waals surface area (Å²) in [5.41, 5.74) is 1.78. The zero-order valence-electron chi connectivity index (χ0n) is 27.4. The summed E-state index contributed by atoms with van der Waals surface area (Å²) in [4.78, 5) is 48.4. The van der Waals surface area contributed by atoms with Gasteiger partial charge in [-0.3, -0.25) is 24.2 Å². The number of esters is 1. The first-order chi connectivity index (χ1) is 20.4. The molecule has 2 aromatic rings. The van der Waals surface area contributed by atoms with Crippen LogP contribution < -0.4 is 56.5 Å². The van der Waals surface area contributed by atoms with Crippen LogP contribution in [0.15, 0.2) is 60.7 Å². The molecule has 1 unspecified atom stereocenters. The number of carbonyl (C=O) groups is 4. The molecule has 0 saturated carbocycles. The van der Waals surface area contributed by atoms with Gasteiger partial charge >= 0.3 is 63.5 Å². The predicted octanol–water partition coefficient (Wildman–Crippen LogP) is 0.651. The molecule has 0 amide bonds. The Labute approximate surface area is 304 Å². The summed E-state index contributed by atoms with van der Waals surface area (Å²) in [5.74, 6) is -0.634. The first-order valence-electron chi connectivity index (χ1n) is 14.3. The van der Waals surface area contributed by atoms with Crippen molar-refractivity contribution in [3.63, 3.8) is 0 Å². The van der Waals surface area contributed by atoms with Crippen LogP contribution in [0.4, 0.5) is 4.79 Å². The Morgan fingerprint density at radius 1 is 0.750 bits per heavy atom. The van der Waals surface area contributed by atoms with Crippen LogP contribution in [0.2, 0.25) is 0 Å². The quantitative estimate of drug-likeness (QED) is 0.262. The third kappa shape index (κ3) is 20.1. The van der Waals surface area contributed by atoms with Crippen molar-refractivity contribution >= 4 is 23.7 Å². The maximum absolute atomic E-state index is 11.7. The van der Waals surface area contributed by atoms with Gasteiger partial charge in [0.25, 0.3) is 0 Å². The molecular formula is C33H47KN2O8. The van der Waals surface area contributed by atoms with Crippen LogP contribution in [-0.2, 0) is 41.7 Å². The number of likely N-dealkylation sites (tertiary alicyclic amines) is 2. The van der Waals surface area contributed by atoms with Gasteiger partial charge in [-0.15, -0.1) is 5.60 Å². The molecule has 2 saturated heterocycles. The summed E-state index contributed by atoms with van der Waals surface area (Å²) in [6.45, 7) is 9.66. The van der Waals surface area contributed by atoms with Gasteiger partial charge in [-0.2, -0.15) is 0 Å². The number of hydrogen-bond acceptors (Lipinski definition) is 10. The van der Waals surface area contributed by atoms with Crippen molar-refractivity contribution in [2.45, 2.75) is 58.7 Å². The number of ether oxygens (including phenoxy) is 3. The van der Waals surface area contributed by atoms with Gasteiger partial charge in [0, 0.05) is 58.5 Å². The van der Waals surface area contributed by atoms with E-state index in [-0.39, 0.29) is 57.2 Å². The normalized spacial score (nSPS) is 16.7. The first kappa shape index (κ1) is 42.0. The van der Waals surface area contributed by atoms with Crippen molar-refractivity contribution in [2.24, 2.45) is 5.92 Å². The molecule has 2 fully saturated rings. The van der Waals surface area contributed by atoms with E-state index in [1.807, 2.05) is 36.4 Å². The largest absolute Gasteiger partial charge is 1.00 e. The molecule has 2 heterocycles. The second kappa shape index (κ2) is 23.4. The van der Waals surface area contributed by atoms with Crippen molar-refractivity contribution in [1.29, 1.82) is 0 Å². The van der Waals surface area contributed by atoms with Gasteiger partial charge < -0.3 is 19.3 Å². The minimum Gasteiger partial charge on any atom is -0.850 e. The monoisotopic (exact) mass is 638 g/mol. The Hall–Kier alpha value is -1.96. The van der Waals surface area contributed by atoms with Crippen LogP contribution in [0.25, 0.3) is 0 Å². The molecule has 2 aromatic carbocycles. The van der Waals surface area contributed by atoms with Crippen molar-refractivity contribution in [3.05, 3.63) is 71.8 Å². The topological polar surface area (TPSA) is 126 Å². The van der Waals surface area contributed by atoms with E-state index in [9.17, 15) is 24.3 Å². The molecule has 44 heavy (non-hydrogen) atoms. The van der Waals surface area contributed by atoms with Crippen LogP contribution in [-0.4, -0.2) is 86.6 Å². The van der Waals surface area contributed by atoms with Gasteiger partial charge in [0.2, 0.25) is 0 Å². The third-order valence-electron chi connectivity index (χ3n) is 6.23. The molecule has 0 N–H and O–H groups in total. The van der Waals surface area contributed by atoms with Gasteiger partial charge in [0.15, 0.2) is 0 Å². The average molecular weight is 639 g/mol. The summed E-state index contributed by atoms with van der Waals surface area (Å²) in [7, 11) is 3.84. The second-order valence-electron chi connectivity index (χ2n) is 11.1. The molecule has 2 aliphatic rings. The van der Waals surface area contributed by atoms with Crippen LogP contribution in [0.5, 0.6) is 0 Å². The fourth-order valence-electron chi connectivity index (χ4n) is 4.11. The number of hydrogen-bond donors (Lipinski definition) is 0. The Balaban J connectivity index is 0.000000630. The fourth-order valence-corrected chi connectivity index (χ4v) is 4.11. The average Bonchev–Trinajstić information content (AvgIpc) is 2.99. The van der Waals surface area contributed by atoms with E-state index in [4.69, 9.17) is 0 Å². The third-order valence-corrected chi connectivity index (χ3v) is 6.23. The molecular weight excluding hydrogens is 591 g/mol. The molecule has 0 bridgehead atoms. The van der Waals surface area contributed by atoms with Crippen molar-refractivity contribution in [1.82, 2.24) is 9.80 Å². The van der Waals surface area contributed by atoms with E-state index < -0.39 is 23.6 Å². The minimum absolute atomic E-state index is 0. The van der Waals surface area contributed by atoms with E-state index in [0.29, 0.717) is 25.3 Å². The number of piperidine rings is 2. The van der Waals surface area contributed by atoms with Crippen LogP contribution in [0, 0.1) is 5.92 Å². The van der Waals surface area contributed by atoms with E-state index in [1.165, 1.54) is 32.5 Å². The minimum atomic E-state index is -0.750. The molecule has 0 spiro atoms. The van der Waals surface area contributed by atoms with Gasteiger partial charge in [0.1, 0.15) is 17.5 Å². The molecule has 238 valence electrons. The summed E-state index contributed by atoms with van der Waals surface area (Å²) in [5, 5.41) is 10.1. The molecule has 1 atom stereocenters. The van der Waals surface area contributed by atoms with Crippen LogP contribution in [0.3, 0.4) is 0 Å². The summed E-state index contributed by atoms with van der Waals surface area (Å²) in [6, 6.07) is 20.5. The second-order valence-corrected chi connectivity index (χ2v) is 11.1. The van der Waals surface area contributed by atoms with E-state index >= 15 is 0 Å². The number of ketones is 2. The van der Waals surface area contributed by atoms with E-state index in [1.54, 1.807) is 20.8 Å². The molecule has 11 heteroatoms. The Morgan fingerprint density at radius 3 is 1.55 bits per heavy atom. The first-order valence-corrected chi connectivity index (χ1v) is 14.3. The fraction of sp³-hybridized carbons (Fsp3) is 0.515. The molecule has 10 nitrogen and oxygen atoms in total. The van der Waals surface area contributed by atoms with Crippen molar-refractivity contribution in [2.75, 3.05) is 47.5 Å². The zero-order chi connectivity index (χ0) is 32.3. The Kier molecular flexibility index (Phi) is 22.3. The molecule has 4 rings (SSSR count). The van der Waals surface area contributed by atoms with Gasteiger partial charge in [0.05, 0.1) is 21.3 Å². The van der Waals surface area contributed by atoms with Gasteiger partial charge in [-0.1, -0.05) is 81.4 Å². The number of nitrogens with zero attached hydrogens (tertiary/aromatic N) is 2. The van der Waals surface area contributed by atoms with Gasteiger partial charge in [-0.25, -0.2) is 4.79 Å². The number of methoxy groups -OCH3 is 3. The number of Topliss-reactive ketones (excluding diaryl/α,β-unsaturated/α-hetero) is 2. The SMILES string of the molecule is CC(C)(C)[O-].COC(=O)C1CN(Cc2ccccc2)CCC1=O.COC(=O)OC.O=C1CCN(Cc2ccccc2)CC1.[K+]. The van der Waals surface area contributed by atoms with Crippen LogP contribution >= 0.6 is 0 Å². The smallest absolute Gasteiger partial charge is 0.850 e. The standard InChI is InChI=1S/C14H17NO3.C12H15NO.C4H9O.C3H6O3.K/c1-18-14(17)12-10-15(8-7-13(12)16)9-11-5-3-2-4-6-11;14-12-6-8-13(9-7-12)10-11-4-2-1-3-5-11;1-4(2,3)5;1-5-3(4)6-2;/h2-6,12H,7-10H2,1H3;1-5H,6-10H2;1-3H3;1-2H3;/q;;-1;;+1. The Bertz CT molecular complexity index is 1080. The zero-order valence-corrected chi connectivity index (χ0v) is 30.5. The van der Waals surface area contributed by atoms with E-state index in [2.05, 4.69) is 48.3 Å². The molecule has 0 aromatic heterocycles. The number of benzene rings is 2. The van der Waals surface area contributed by atoms with E-state index in [0.717, 1.165) is 39.0 Å². The van der Waals surface area contributed by atoms with Crippen molar-refractivity contribution in [3.8, 4) is 0 Å².